The number of nitrogens with one attached hydrogen (secondary N) is 1. The minimum absolute atomic E-state index is 0.371. The second-order valence-electron chi connectivity index (χ2n) is 5.58. The number of nitrogens with zero attached hydrogens (tertiary/aromatic N) is 2. The quantitative estimate of drug-likeness (QED) is 0.899. The maximum Gasteiger partial charge on any atom is 0.0574 e. The van der Waals surface area contributed by atoms with Gasteiger partial charge < -0.3 is 10.2 Å². The van der Waals surface area contributed by atoms with Gasteiger partial charge in [0.25, 0.3) is 0 Å². The molecule has 3 heteroatoms. The molecular weight excluding hydrogens is 234 g/mol. The second-order valence-corrected chi connectivity index (χ2v) is 5.58. The molecule has 0 bridgehead atoms. The highest BCUT2D eigenvalue weighted by atomic mass is 15.2. The first-order valence-corrected chi connectivity index (χ1v) is 7.66. The summed E-state index contributed by atoms with van der Waals surface area (Å²) in [6.07, 6.45) is 8.46. The molecule has 0 amide bonds. The Bertz CT molecular complexity index is 370. The van der Waals surface area contributed by atoms with Crippen molar-refractivity contribution < 1.29 is 0 Å². The zero-order valence-corrected chi connectivity index (χ0v) is 12.5. The zero-order valence-electron chi connectivity index (χ0n) is 12.5. The van der Waals surface area contributed by atoms with Gasteiger partial charge in [-0.15, -0.1) is 0 Å². The van der Waals surface area contributed by atoms with Crippen molar-refractivity contribution >= 4 is 5.69 Å². The van der Waals surface area contributed by atoms with Crippen LogP contribution in [0.1, 0.15) is 57.7 Å². The summed E-state index contributed by atoms with van der Waals surface area (Å²) >= 11 is 0. The Morgan fingerprint density at radius 2 is 2.21 bits per heavy atom. The highest BCUT2D eigenvalue weighted by Gasteiger charge is 2.18. The van der Waals surface area contributed by atoms with Crippen LogP contribution in [0.4, 0.5) is 5.69 Å². The lowest BCUT2D eigenvalue weighted by atomic mass is 10.1. The molecule has 2 rings (SSSR count). The van der Waals surface area contributed by atoms with E-state index in [1.165, 1.54) is 37.9 Å². The van der Waals surface area contributed by atoms with Gasteiger partial charge in [-0.1, -0.05) is 19.8 Å². The predicted octanol–water partition coefficient (Wildman–Crippen LogP) is 3.52. The third-order valence-corrected chi connectivity index (χ3v) is 4.27. The number of hydrogen-bond donors (Lipinski definition) is 1. The molecule has 1 saturated heterocycles. The minimum atomic E-state index is 0.371. The molecule has 1 aliphatic heterocycles. The number of rotatable bonds is 4. The van der Waals surface area contributed by atoms with Gasteiger partial charge in [-0.2, -0.15) is 0 Å². The van der Waals surface area contributed by atoms with Crippen molar-refractivity contribution in [2.75, 3.05) is 18.5 Å². The number of aromatic nitrogens is 1. The molecule has 106 valence electrons. The maximum absolute atomic E-state index is 4.66. The molecule has 1 aliphatic rings. The Kier molecular flexibility index (Phi) is 5.20. The molecule has 0 spiro atoms. The second kappa shape index (κ2) is 6.90. The largest absolute Gasteiger partial charge is 0.368 e. The van der Waals surface area contributed by atoms with E-state index in [2.05, 4.69) is 47.4 Å². The molecule has 2 unspecified atom stereocenters. The van der Waals surface area contributed by atoms with E-state index in [4.69, 9.17) is 0 Å². The fourth-order valence-electron chi connectivity index (χ4n) is 2.99. The summed E-state index contributed by atoms with van der Waals surface area (Å²) in [4.78, 5) is 7.17. The Labute approximate surface area is 117 Å². The molecular formula is C16H27N3. The van der Waals surface area contributed by atoms with Crippen LogP contribution >= 0.6 is 0 Å². The maximum atomic E-state index is 4.66. The van der Waals surface area contributed by atoms with Gasteiger partial charge in [-0.05, 0) is 45.4 Å². The zero-order chi connectivity index (χ0) is 13.7. The van der Waals surface area contributed by atoms with Gasteiger partial charge in [0.05, 0.1) is 17.6 Å². The van der Waals surface area contributed by atoms with Gasteiger partial charge >= 0.3 is 0 Å². The van der Waals surface area contributed by atoms with Crippen molar-refractivity contribution in [2.24, 2.45) is 0 Å². The molecule has 1 aromatic heterocycles. The summed E-state index contributed by atoms with van der Waals surface area (Å²) in [7, 11) is 2.00. The smallest absolute Gasteiger partial charge is 0.0574 e. The van der Waals surface area contributed by atoms with Crippen LogP contribution in [-0.4, -0.2) is 24.6 Å². The number of anilines is 1. The molecule has 0 aromatic carbocycles. The Morgan fingerprint density at radius 3 is 2.84 bits per heavy atom. The molecule has 2 heterocycles. The predicted molar refractivity (Wildman–Crippen MR) is 81.6 cm³/mol. The van der Waals surface area contributed by atoms with Crippen LogP contribution in [0.3, 0.4) is 0 Å². The fourth-order valence-corrected chi connectivity index (χ4v) is 2.99. The van der Waals surface area contributed by atoms with Gasteiger partial charge in [-0.3, -0.25) is 4.98 Å². The molecule has 1 aromatic rings. The normalized spacial score (nSPS) is 22.1. The summed E-state index contributed by atoms with van der Waals surface area (Å²) < 4.78 is 0. The molecule has 2 atom stereocenters. The monoisotopic (exact) mass is 261 g/mol. The van der Waals surface area contributed by atoms with Crippen LogP contribution in [0.25, 0.3) is 0 Å². The summed E-state index contributed by atoms with van der Waals surface area (Å²) in [5.74, 6) is 0. The molecule has 1 fully saturated rings. The summed E-state index contributed by atoms with van der Waals surface area (Å²) in [6.45, 7) is 5.70. The van der Waals surface area contributed by atoms with Crippen LogP contribution in [0.15, 0.2) is 18.3 Å². The van der Waals surface area contributed by atoms with Crippen LogP contribution in [0.5, 0.6) is 0 Å². The fraction of sp³-hybridized carbons (Fsp3) is 0.688. The van der Waals surface area contributed by atoms with Crippen molar-refractivity contribution in [2.45, 2.75) is 58.0 Å². The molecule has 1 N–H and O–H groups in total. The highest BCUT2D eigenvalue weighted by molar-refractivity contribution is 5.46. The van der Waals surface area contributed by atoms with Crippen molar-refractivity contribution in [1.82, 2.24) is 10.3 Å². The average Bonchev–Trinajstić information content (AvgIpc) is 2.66. The van der Waals surface area contributed by atoms with Crippen molar-refractivity contribution in [3.63, 3.8) is 0 Å². The lowest BCUT2D eigenvalue weighted by Gasteiger charge is -2.29. The van der Waals surface area contributed by atoms with Gasteiger partial charge in [0.1, 0.15) is 0 Å². The third-order valence-electron chi connectivity index (χ3n) is 4.27. The number of pyridine rings is 1. The molecule has 0 saturated carbocycles. The first kappa shape index (κ1) is 14.3. The van der Waals surface area contributed by atoms with Gasteiger partial charge in [0.15, 0.2) is 0 Å². The molecule has 19 heavy (non-hydrogen) atoms. The van der Waals surface area contributed by atoms with E-state index in [1.54, 1.807) is 0 Å². The minimum Gasteiger partial charge on any atom is -0.368 e. The van der Waals surface area contributed by atoms with Crippen LogP contribution in [-0.2, 0) is 0 Å². The lowest BCUT2D eigenvalue weighted by Crippen LogP contribution is -2.32. The van der Waals surface area contributed by atoms with E-state index in [0.717, 1.165) is 12.1 Å². The Hall–Kier alpha value is -1.09. The topological polar surface area (TPSA) is 28.2 Å². The van der Waals surface area contributed by atoms with Crippen molar-refractivity contribution in [3.8, 4) is 0 Å². The SMILES string of the molecule is CCC(NC)c1ccc(N2CCCCCC2C)cn1. The van der Waals surface area contributed by atoms with E-state index in [1.807, 2.05) is 7.05 Å². The third kappa shape index (κ3) is 3.47. The van der Waals surface area contributed by atoms with Crippen molar-refractivity contribution in [3.05, 3.63) is 24.0 Å². The Balaban J connectivity index is 2.12. The van der Waals surface area contributed by atoms with Crippen LogP contribution in [0.2, 0.25) is 0 Å². The first-order valence-electron chi connectivity index (χ1n) is 7.66. The molecule has 0 radical (unpaired) electrons. The molecule has 3 nitrogen and oxygen atoms in total. The van der Waals surface area contributed by atoms with E-state index < -0.39 is 0 Å². The average molecular weight is 261 g/mol. The van der Waals surface area contributed by atoms with Gasteiger partial charge in [0, 0.05) is 18.6 Å². The summed E-state index contributed by atoms with van der Waals surface area (Å²) in [5.41, 5.74) is 2.43. The van der Waals surface area contributed by atoms with E-state index in [9.17, 15) is 0 Å². The van der Waals surface area contributed by atoms with Crippen LogP contribution in [0, 0.1) is 0 Å². The standard InChI is InChI=1S/C16H27N3/c1-4-15(17-3)16-10-9-14(12-18-16)19-11-7-5-6-8-13(19)2/h9-10,12-13,15,17H,4-8,11H2,1-3H3. The lowest BCUT2D eigenvalue weighted by molar-refractivity contribution is 0.560. The number of hydrogen-bond acceptors (Lipinski definition) is 3. The van der Waals surface area contributed by atoms with Gasteiger partial charge in [0.2, 0.25) is 0 Å². The van der Waals surface area contributed by atoms with Crippen LogP contribution < -0.4 is 10.2 Å². The Morgan fingerprint density at radius 1 is 1.37 bits per heavy atom. The van der Waals surface area contributed by atoms with Crippen molar-refractivity contribution in [1.29, 1.82) is 0 Å². The summed E-state index contributed by atoms with van der Waals surface area (Å²) in [6, 6.07) is 5.43. The summed E-state index contributed by atoms with van der Waals surface area (Å²) in [5, 5.41) is 3.31. The van der Waals surface area contributed by atoms with E-state index in [0.29, 0.717) is 12.1 Å². The van der Waals surface area contributed by atoms with Gasteiger partial charge in [-0.25, -0.2) is 0 Å². The van der Waals surface area contributed by atoms with E-state index >= 15 is 0 Å². The highest BCUT2D eigenvalue weighted by Crippen LogP contribution is 2.24. The van der Waals surface area contributed by atoms with E-state index in [-0.39, 0.29) is 0 Å². The molecule has 0 aliphatic carbocycles. The first-order chi connectivity index (χ1) is 9.26.